The Bertz CT molecular complexity index is 431. The van der Waals surface area contributed by atoms with E-state index in [1.54, 1.807) is 0 Å². The number of benzene rings is 1. The molecule has 1 heterocycles. The van der Waals surface area contributed by atoms with Crippen molar-refractivity contribution in [1.82, 2.24) is 5.01 Å². The van der Waals surface area contributed by atoms with E-state index in [9.17, 15) is 4.79 Å². The molecular formula is C13H17N3O2. The molecular weight excluding hydrogens is 230 g/mol. The monoisotopic (exact) mass is 247 g/mol. The molecule has 0 bridgehead atoms. The zero-order chi connectivity index (χ0) is 12.8. The molecule has 5 nitrogen and oxygen atoms in total. The lowest BCUT2D eigenvalue weighted by Crippen LogP contribution is -2.23. The highest BCUT2D eigenvalue weighted by molar-refractivity contribution is 6.05. The highest BCUT2D eigenvalue weighted by Gasteiger charge is 2.21. The fraction of sp³-hybridized carbons (Fsp3) is 0.385. The second-order valence-corrected chi connectivity index (χ2v) is 4.08. The van der Waals surface area contributed by atoms with Gasteiger partial charge in [-0.25, -0.2) is 5.01 Å². The summed E-state index contributed by atoms with van der Waals surface area (Å²) in [6.45, 7) is 1.50. The molecule has 1 aromatic rings. The van der Waals surface area contributed by atoms with Crippen LogP contribution in [0.1, 0.15) is 12.8 Å². The first-order valence-electron chi connectivity index (χ1n) is 6.04. The van der Waals surface area contributed by atoms with Crippen molar-refractivity contribution in [2.45, 2.75) is 12.8 Å². The van der Waals surface area contributed by atoms with Gasteiger partial charge in [0.05, 0.1) is 18.7 Å². The summed E-state index contributed by atoms with van der Waals surface area (Å²) >= 11 is 0. The highest BCUT2D eigenvalue weighted by Crippen LogP contribution is 2.10. The first-order chi connectivity index (χ1) is 8.79. The zero-order valence-corrected chi connectivity index (χ0v) is 10.2. The number of carbonyl (C=O) groups excluding carboxylic acids is 1. The Morgan fingerprint density at radius 2 is 2.11 bits per heavy atom. The fourth-order valence-electron chi connectivity index (χ4n) is 1.74. The summed E-state index contributed by atoms with van der Waals surface area (Å²) in [7, 11) is 0. The van der Waals surface area contributed by atoms with E-state index < -0.39 is 0 Å². The molecule has 0 unspecified atom stereocenters. The lowest BCUT2D eigenvalue weighted by molar-refractivity contribution is -0.128. The van der Waals surface area contributed by atoms with Gasteiger partial charge in [0.25, 0.3) is 0 Å². The van der Waals surface area contributed by atoms with Crippen LogP contribution >= 0.6 is 0 Å². The maximum absolute atomic E-state index is 11.5. The van der Waals surface area contributed by atoms with Crippen molar-refractivity contribution in [3.63, 3.8) is 0 Å². The molecule has 1 aliphatic heterocycles. The molecule has 2 rings (SSSR count). The molecule has 2 N–H and O–H groups in total. The number of hydrogen-bond acceptors (Lipinski definition) is 4. The number of carbonyl (C=O) groups is 1. The summed E-state index contributed by atoms with van der Waals surface area (Å²) in [6, 6.07) is 9.62. The molecule has 0 fully saturated rings. The van der Waals surface area contributed by atoms with Crippen LogP contribution in [0, 0.1) is 0 Å². The molecule has 0 atom stereocenters. The van der Waals surface area contributed by atoms with E-state index in [-0.39, 0.29) is 5.91 Å². The average Bonchev–Trinajstić information content (AvgIpc) is 2.77. The van der Waals surface area contributed by atoms with Crippen LogP contribution in [0.15, 0.2) is 35.4 Å². The smallest absolute Gasteiger partial charge is 0.248 e. The van der Waals surface area contributed by atoms with Crippen molar-refractivity contribution in [3.05, 3.63) is 30.3 Å². The maximum atomic E-state index is 11.5. The molecule has 0 spiro atoms. The van der Waals surface area contributed by atoms with Crippen LogP contribution in [0.2, 0.25) is 0 Å². The Kier molecular flexibility index (Phi) is 4.30. The van der Waals surface area contributed by atoms with Gasteiger partial charge in [0, 0.05) is 19.5 Å². The second kappa shape index (κ2) is 6.16. The van der Waals surface area contributed by atoms with Crippen LogP contribution in [-0.4, -0.2) is 36.3 Å². The quantitative estimate of drug-likeness (QED) is 0.763. The topological polar surface area (TPSA) is 67.9 Å². The Labute approximate surface area is 106 Å². The highest BCUT2D eigenvalue weighted by atomic mass is 16.5. The molecule has 96 valence electrons. The predicted molar refractivity (Wildman–Crippen MR) is 69.4 cm³/mol. The van der Waals surface area contributed by atoms with Crippen molar-refractivity contribution >= 4 is 11.6 Å². The Morgan fingerprint density at radius 1 is 1.33 bits per heavy atom. The number of nitrogens with zero attached hydrogens (tertiary/aromatic N) is 2. The zero-order valence-electron chi connectivity index (χ0n) is 10.2. The molecule has 0 saturated carbocycles. The van der Waals surface area contributed by atoms with Gasteiger partial charge in [-0.2, -0.15) is 5.10 Å². The van der Waals surface area contributed by atoms with Gasteiger partial charge in [-0.15, -0.1) is 0 Å². The summed E-state index contributed by atoms with van der Waals surface area (Å²) in [4.78, 5) is 11.5. The predicted octanol–water partition coefficient (Wildman–Crippen LogP) is 1.00. The Balaban J connectivity index is 1.70. The van der Waals surface area contributed by atoms with Gasteiger partial charge in [-0.3, -0.25) is 4.79 Å². The minimum atomic E-state index is 0.0233. The Morgan fingerprint density at radius 3 is 2.78 bits per heavy atom. The lowest BCUT2D eigenvalue weighted by atomic mass is 10.3. The first-order valence-corrected chi connectivity index (χ1v) is 6.04. The van der Waals surface area contributed by atoms with Crippen LogP contribution in [-0.2, 0) is 4.79 Å². The Hall–Kier alpha value is -1.88. The number of ether oxygens (including phenoxy) is 1. The maximum Gasteiger partial charge on any atom is 0.248 e. The van der Waals surface area contributed by atoms with E-state index in [1.807, 2.05) is 30.3 Å². The van der Waals surface area contributed by atoms with Crippen molar-refractivity contribution < 1.29 is 9.53 Å². The van der Waals surface area contributed by atoms with E-state index in [0.29, 0.717) is 26.1 Å². The first kappa shape index (κ1) is 12.6. The number of para-hydroxylation sites is 1. The van der Waals surface area contributed by atoms with Crippen LogP contribution < -0.4 is 10.5 Å². The van der Waals surface area contributed by atoms with Crippen molar-refractivity contribution in [2.75, 3.05) is 19.7 Å². The second-order valence-electron chi connectivity index (χ2n) is 4.08. The molecule has 1 amide bonds. The normalized spacial score (nSPS) is 14.8. The number of nitrogens with two attached hydrogens (primary N) is 1. The van der Waals surface area contributed by atoms with Gasteiger partial charge >= 0.3 is 0 Å². The van der Waals surface area contributed by atoms with Crippen molar-refractivity contribution in [2.24, 2.45) is 10.8 Å². The third-order valence-electron chi connectivity index (χ3n) is 2.67. The molecule has 1 aliphatic rings. The van der Waals surface area contributed by atoms with Gasteiger partial charge in [0.15, 0.2) is 0 Å². The SMILES string of the molecule is NCC1=NN(CCCOc2ccccc2)C(=O)C1. The fourth-order valence-corrected chi connectivity index (χ4v) is 1.74. The van der Waals surface area contributed by atoms with Gasteiger partial charge in [0.2, 0.25) is 5.91 Å². The molecule has 0 aromatic heterocycles. The van der Waals surface area contributed by atoms with Crippen molar-refractivity contribution in [1.29, 1.82) is 0 Å². The van der Waals surface area contributed by atoms with Crippen LogP contribution in [0.25, 0.3) is 0 Å². The summed E-state index contributed by atoms with van der Waals surface area (Å²) in [5.41, 5.74) is 6.21. The standard InChI is InChI=1S/C13H17N3O2/c14-10-11-9-13(17)16(15-11)7-4-8-18-12-5-2-1-3-6-12/h1-3,5-6H,4,7-10,14H2. The van der Waals surface area contributed by atoms with Crippen LogP contribution in [0.3, 0.4) is 0 Å². The van der Waals surface area contributed by atoms with Gasteiger partial charge in [-0.1, -0.05) is 18.2 Å². The minimum Gasteiger partial charge on any atom is -0.494 e. The molecule has 5 heteroatoms. The van der Waals surface area contributed by atoms with Crippen LogP contribution in [0.5, 0.6) is 5.75 Å². The molecule has 0 aliphatic carbocycles. The summed E-state index contributed by atoms with van der Waals surface area (Å²) in [5.74, 6) is 0.867. The molecule has 1 aromatic carbocycles. The summed E-state index contributed by atoms with van der Waals surface area (Å²) in [5, 5.41) is 5.63. The molecule has 18 heavy (non-hydrogen) atoms. The summed E-state index contributed by atoms with van der Waals surface area (Å²) in [6.07, 6.45) is 1.11. The van der Waals surface area contributed by atoms with E-state index in [2.05, 4.69) is 5.10 Å². The van der Waals surface area contributed by atoms with E-state index in [4.69, 9.17) is 10.5 Å². The van der Waals surface area contributed by atoms with Crippen molar-refractivity contribution in [3.8, 4) is 5.75 Å². The largest absolute Gasteiger partial charge is 0.494 e. The summed E-state index contributed by atoms with van der Waals surface area (Å²) < 4.78 is 5.54. The van der Waals surface area contributed by atoms with E-state index in [0.717, 1.165) is 17.9 Å². The van der Waals surface area contributed by atoms with E-state index >= 15 is 0 Å². The van der Waals surface area contributed by atoms with Gasteiger partial charge in [0.1, 0.15) is 5.75 Å². The molecule has 0 saturated heterocycles. The van der Waals surface area contributed by atoms with Gasteiger partial charge < -0.3 is 10.5 Å². The number of amides is 1. The average molecular weight is 247 g/mol. The molecule has 0 radical (unpaired) electrons. The number of rotatable bonds is 6. The van der Waals surface area contributed by atoms with E-state index in [1.165, 1.54) is 5.01 Å². The third kappa shape index (κ3) is 3.30. The van der Waals surface area contributed by atoms with Crippen LogP contribution in [0.4, 0.5) is 0 Å². The lowest BCUT2D eigenvalue weighted by Gasteiger charge is -2.11. The third-order valence-corrected chi connectivity index (χ3v) is 2.67. The number of hydrogen-bond donors (Lipinski definition) is 1. The van der Waals surface area contributed by atoms with Gasteiger partial charge in [-0.05, 0) is 12.1 Å². The number of hydrazone groups is 1. The minimum absolute atomic E-state index is 0.0233.